The van der Waals surface area contributed by atoms with Crippen molar-refractivity contribution in [2.45, 2.75) is 76.7 Å². The Morgan fingerprint density at radius 2 is 2.00 bits per heavy atom. The van der Waals surface area contributed by atoms with E-state index in [9.17, 15) is 15.2 Å². The number of hydrogen-bond acceptors (Lipinski definition) is 10. The van der Waals surface area contributed by atoms with Crippen molar-refractivity contribution in [3.63, 3.8) is 0 Å². The molecule has 3 aromatic rings. The van der Waals surface area contributed by atoms with E-state index in [2.05, 4.69) is 46.9 Å². The third-order valence-corrected chi connectivity index (χ3v) is 10.2. The van der Waals surface area contributed by atoms with Crippen LogP contribution in [0.2, 0.25) is 0 Å². The predicted molar refractivity (Wildman–Crippen MR) is 172 cm³/mol. The molecule has 0 radical (unpaired) electrons. The number of likely N-dealkylation sites (N-methyl/N-ethyl adjacent to an activating group) is 1. The predicted octanol–water partition coefficient (Wildman–Crippen LogP) is 3.95. The standard InChI is InChI=1S/C33H43N9O4/c1-22-8-9-28-26(18-35-42(28)29-7-3-4-17-45-29)30(22)39-14-11-25-27(20-39)36-32(46-21-24-6-5-13-38(24)2)37-31(25)40-15-16-41(33(43)44)23(19-40)10-12-34/h8-9,18,23-24,29H,3-7,10-11,13-17,19-21H2,1-2H3,(H,43,44)/t23-,24-,29?/m0/s1. The first-order valence-corrected chi connectivity index (χ1v) is 16.6. The maximum Gasteiger partial charge on any atom is 0.407 e. The van der Waals surface area contributed by atoms with Crippen LogP contribution in [0.15, 0.2) is 18.3 Å². The number of ether oxygens (including phenoxy) is 2. The van der Waals surface area contributed by atoms with Gasteiger partial charge < -0.3 is 34.2 Å². The Kier molecular flexibility index (Phi) is 8.57. The van der Waals surface area contributed by atoms with E-state index in [0.717, 1.165) is 91.9 Å². The molecule has 13 heteroatoms. The summed E-state index contributed by atoms with van der Waals surface area (Å²) in [5, 5.41) is 25.1. The number of likely N-dealkylation sites (tertiary alicyclic amines) is 1. The van der Waals surface area contributed by atoms with Crippen molar-refractivity contribution in [3.8, 4) is 12.1 Å². The van der Waals surface area contributed by atoms with Gasteiger partial charge in [0.1, 0.15) is 12.4 Å². The molecular formula is C33H43N9O4. The second-order valence-electron chi connectivity index (χ2n) is 13.0. The van der Waals surface area contributed by atoms with Gasteiger partial charge in [-0.2, -0.15) is 20.3 Å². The Labute approximate surface area is 269 Å². The number of nitrogens with zero attached hydrogens (tertiary/aromatic N) is 9. The first-order chi connectivity index (χ1) is 22.4. The Balaban J connectivity index is 1.22. The molecule has 1 N–H and O–H groups in total. The summed E-state index contributed by atoms with van der Waals surface area (Å²) in [7, 11) is 2.13. The highest BCUT2D eigenvalue weighted by molar-refractivity contribution is 5.94. The van der Waals surface area contributed by atoms with Crippen LogP contribution >= 0.6 is 0 Å². The van der Waals surface area contributed by atoms with Gasteiger partial charge in [0, 0.05) is 49.8 Å². The van der Waals surface area contributed by atoms with E-state index in [-0.39, 0.29) is 12.6 Å². The minimum atomic E-state index is -0.993. The van der Waals surface area contributed by atoms with Crippen LogP contribution in [0.4, 0.5) is 16.3 Å². The van der Waals surface area contributed by atoms with Gasteiger partial charge >= 0.3 is 12.1 Å². The monoisotopic (exact) mass is 629 g/mol. The fourth-order valence-electron chi connectivity index (χ4n) is 7.63. The minimum Gasteiger partial charge on any atom is -0.465 e. The van der Waals surface area contributed by atoms with Gasteiger partial charge in [0.15, 0.2) is 6.23 Å². The number of carbonyl (C=O) groups is 1. The first kappa shape index (κ1) is 30.5. The topological polar surface area (TPSA) is 136 Å². The zero-order chi connectivity index (χ0) is 31.8. The van der Waals surface area contributed by atoms with Crippen LogP contribution in [0.3, 0.4) is 0 Å². The third kappa shape index (κ3) is 5.80. The smallest absolute Gasteiger partial charge is 0.407 e. The molecular weight excluding hydrogens is 586 g/mol. The molecule has 244 valence electrons. The van der Waals surface area contributed by atoms with Crippen LogP contribution < -0.4 is 14.5 Å². The van der Waals surface area contributed by atoms with E-state index >= 15 is 0 Å². The first-order valence-electron chi connectivity index (χ1n) is 16.6. The number of amides is 1. The molecule has 2 aromatic heterocycles. The van der Waals surface area contributed by atoms with Crippen LogP contribution in [0.1, 0.15) is 61.6 Å². The summed E-state index contributed by atoms with van der Waals surface area (Å²) in [5.74, 6) is 0.796. The number of aromatic nitrogens is 4. The van der Waals surface area contributed by atoms with Gasteiger partial charge in [-0.3, -0.25) is 0 Å². The number of benzene rings is 1. The number of fused-ring (bicyclic) bond motifs is 2. The molecule has 1 amide bonds. The van der Waals surface area contributed by atoms with Gasteiger partial charge in [-0.05, 0) is 70.7 Å². The van der Waals surface area contributed by atoms with E-state index < -0.39 is 12.1 Å². The highest BCUT2D eigenvalue weighted by Gasteiger charge is 2.34. The number of aryl methyl sites for hydroxylation is 1. The molecule has 4 aliphatic rings. The number of anilines is 2. The second kappa shape index (κ2) is 12.9. The highest BCUT2D eigenvalue weighted by Crippen LogP contribution is 2.38. The molecule has 4 aliphatic heterocycles. The van der Waals surface area contributed by atoms with Crippen molar-refractivity contribution in [2.24, 2.45) is 0 Å². The van der Waals surface area contributed by atoms with Crippen molar-refractivity contribution in [3.05, 3.63) is 35.2 Å². The molecule has 3 saturated heterocycles. The average molecular weight is 630 g/mol. The Morgan fingerprint density at radius 3 is 2.76 bits per heavy atom. The quantitative estimate of drug-likeness (QED) is 0.407. The lowest BCUT2D eigenvalue weighted by Crippen LogP contribution is -2.55. The van der Waals surface area contributed by atoms with Gasteiger partial charge in [-0.1, -0.05) is 6.07 Å². The molecule has 7 rings (SSSR count). The van der Waals surface area contributed by atoms with Crippen molar-refractivity contribution in [1.82, 2.24) is 29.5 Å². The summed E-state index contributed by atoms with van der Waals surface area (Å²) in [4.78, 5) is 30.1. The van der Waals surface area contributed by atoms with Crippen LogP contribution in [0, 0.1) is 18.3 Å². The van der Waals surface area contributed by atoms with Crippen molar-refractivity contribution < 1.29 is 19.4 Å². The fraction of sp³-hybridized carbons (Fsp3) is 0.606. The minimum absolute atomic E-state index is 0.0377. The third-order valence-electron chi connectivity index (χ3n) is 10.2. The Morgan fingerprint density at radius 1 is 1.11 bits per heavy atom. The average Bonchev–Trinajstić information content (AvgIpc) is 3.69. The Hall–Kier alpha value is -4.15. The maximum atomic E-state index is 11.9. The van der Waals surface area contributed by atoms with Crippen molar-refractivity contribution in [2.75, 3.05) is 62.8 Å². The molecule has 0 aliphatic carbocycles. The lowest BCUT2D eigenvalue weighted by Gasteiger charge is -2.41. The van der Waals surface area contributed by atoms with E-state index in [1.165, 1.54) is 10.5 Å². The summed E-state index contributed by atoms with van der Waals surface area (Å²) in [6, 6.07) is 6.74. The fourth-order valence-corrected chi connectivity index (χ4v) is 7.63. The number of hydrogen-bond donors (Lipinski definition) is 1. The lowest BCUT2D eigenvalue weighted by atomic mass is 10.0. The molecule has 46 heavy (non-hydrogen) atoms. The molecule has 0 bridgehead atoms. The van der Waals surface area contributed by atoms with Crippen LogP contribution in [0.25, 0.3) is 10.9 Å². The van der Waals surface area contributed by atoms with Crippen molar-refractivity contribution in [1.29, 1.82) is 5.26 Å². The zero-order valence-corrected chi connectivity index (χ0v) is 26.8. The SMILES string of the molecule is Cc1ccc2c(cnn2C2CCCCO2)c1N1CCc2c(nc(OC[C@@H]3CCCN3C)nc2N2CCN(C(=O)O)[C@@H](CC#N)C2)C1. The molecule has 1 unspecified atom stereocenters. The Bertz CT molecular complexity index is 1630. The molecule has 1 aromatic carbocycles. The normalized spacial score (nSPS) is 23.8. The molecule has 0 saturated carbocycles. The van der Waals surface area contributed by atoms with Gasteiger partial charge in [-0.25, -0.2) is 9.48 Å². The van der Waals surface area contributed by atoms with E-state index in [4.69, 9.17) is 24.5 Å². The van der Waals surface area contributed by atoms with E-state index in [1.54, 1.807) is 0 Å². The number of nitriles is 1. The van der Waals surface area contributed by atoms with Gasteiger partial charge in [0.05, 0.1) is 48.2 Å². The number of carboxylic acid groups (broad SMARTS) is 1. The van der Waals surface area contributed by atoms with Gasteiger partial charge in [-0.15, -0.1) is 0 Å². The molecule has 3 fully saturated rings. The van der Waals surface area contributed by atoms with Crippen LogP contribution in [-0.2, 0) is 17.7 Å². The van der Waals surface area contributed by atoms with Gasteiger partial charge in [0.2, 0.25) is 0 Å². The van der Waals surface area contributed by atoms with Crippen LogP contribution in [0.5, 0.6) is 6.01 Å². The summed E-state index contributed by atoms with van der Waals surface area (Å²) in [5.41, 5.74) is 5.40. The summed E-state index contributed by atoms with van der Waals surface area (Å²) in [6.07, 6.45) is 7.23. The number of rotatable bonds is 7. The maximum absolute atomic E-state index is 11.9. The van der Waals surface area contributed by atoms with E-state index in [1.807, 2.05) is 10.9 Å². The van der Waals surface area contributed by atoms with Crippen LogP contribution in [-0.4, -0.2) is 106 Å². The highest BCUT2D eigenvalue weighted by atomic mass is 16.5. The summed E-state index contributed by atoms with van der Waals surface area (Å²) < 4.78 is 14.4. The number of piperazine rings is 1. The molecule has 6 heterocycles. The van der Waals surface area contributed by atoms with Crippen molar-refractivity contribution >= 4 is 28.5 Å². The zero-order valence-electron chi connectivity index (χ0n) is 26.8. The summed E-state index contributed by atoms with van der Waals surface area (Å²) >= 11 is 0. The molecule has 3 atom stereocenters. The molecule has 0 spiro atoms. The molecule has 13 nitrogen and oxygen atoms in total. The second-order valence-corrected chi connectivity index (χ2v) is 13.0. The largest absolute Gasteiger partial charge is 0.465 e. The summed E-state index contributed by atoms with van der Waals surface area (Å²) in [6.45, 7) is 7.06. The van der Waals surface area contributed by atoms with E-state index in [0.29, 0.717) is 44.8 Å². The lowest BCUT2D eigenvalue weighted by molar-refractivity contribution is -0.0366. The van der Waals surface area contributed by atoms with Gasteiger partial charge in [0.25, 0.3) is 0 Å².